The van der Waals surface area contributed by atoms with Crippen molar-refractivity contribution in [2.45, 2.75) is 45.6 Å². The lowest BCUT2D eigenvalue weighted by atomic mass is 9.67. The van der Waals surface area contributed by atoms with Crippen molar-refractivity contribution in [3.05, 3.63) is 0 Å². The fourth-order valence-corrected chi connectivity index (χ4v) is 1.78. The highest BCUT2D eigenvalue weighted by atomic mass is 16.4. The minimum atomic E-state index is -0.831. The van der Waals surface area contributed by atoms with Crippen LogP contribution in [-0.2, 0) is 4.79 Å². The first-order chi connectivity index (χ1) is 7.42. The molecular weight excluding hydrogens is 208 g/mol. The topological polar surface area (TPSA) is 78.4 Å². The van der Waals surface area contributed by atoms with Gasteiger partial charge in [0, 0.05) is 19.0 Å². The summed E-state index contributed by atoms with van der Waals surface area (Å²) in [6, 6.07) is 0.0511. The van der Waals surface area contributed by atoms with E-state index in [9.17, 15) is 9.59 Å². The van der Waals surface area contributed by atoms with Crippen LogP contribution < -0.4 is 10.6 Å². The Balaban J connectivity index is 2.10. The van der Waals surface area contributed by atoms with Crippen LogP contribution in [-0.4, -0.2) is 29.7 Å². The zero-order valence-electron chi connectivity index (χ0n) is 9.88. The molecule has 0 saturated heterocycles. The quantitative estimate of drug-likeness (QED) is 0.621. The molecule has 1 rings (SSSR count). The molecule has 0 aromatic rings. The van der Waals surface area contributed by atoms with Gasteiger partial charge in [-0.05, 0) is 24.7 Å². The largest absolute Gasteiger partial charge is 0.481 e. The van der Waals surface area contributed by atoms with Gasteiger partial charge in [-0.3, -0.25) is 4.79 Å². The maximum atomic E-state index is 11.4. The molecule has 1 aliphatic carbocycles. The van der Waals surface area contributed by atoms with E-state index in [4.69, 9.17) is 5.11 Å². The minimum absolute atomic E-state index is 0.0925. The number of carbonyl (C=O) groups is 2. The molecule has 0 spiro atoms. The monoisotopic (exact) mass is 228 g/mol. The van der Waals surface area contributed by atoms with Crippen molar-refractivity contribution < 1.29 is 14.7 Å². The Morgan fingerprint density at radius 3 is 2.56 bits per heavy atom. The highest BCUT2D eigenvalue weighted by molar-refractivity contribution is 5.74. The normalized spacial score (nSPS) is 22.0. The molecule has 0 bridgehead atoms. The summed E-state index contributed by atoms with van der Waals surface area (Å²) in [6.07, 6.45) is 2.72. The first-order valence-electron chi connectivity index (χ1n) is 5.68. The van der Waals surface area contributed by atoms with Gasteiger partial charge in [0.05, 0.1) is 0 Å². The molecule has 16 heavy (non-hydrogen) atoms. The van der Waals surface area contributed by atoms with Gasteiger partial charge in [-0.2, -0.15) is 0 Å². The fraction of sp³-hybridized carbons (Fsp3) is 0.818. The van der Waals surface area contributed by atoms with Crippen LogP contribution in [0.3, 0.4) is 0 Å². The molecule has 0 aromatic carbocycles. The first-order valence-corrected chi connectivity index (χ1v) is 5.68. The van der Waals surface area contributed by atoms with E-state index in [1.807, 2.05) is 0 Å². The van der Waals surface area contributed by atoms with Crippen molar-refractivity contribution in [2.75, 3.05) is 6.54 Å². The number of carbonyl (C=O) groups excluding carboxylic acids is 1. The van der Waals surface area contributed by atoms with Gasteiger partial charge in [-0.15, -0.1) is 0 Å². The predicted molar refractivity (Wildman–Crippen MR) is 60.2 cm³/mol. The van der Waals surface area contributed by atoms with E-state index < -0.39 is 5.97 Å². The number of amides is 2. The van der Waals surface area contributed by atoms with Crippen LogP contribution in [0.4, 0.5) is 4.79 Å². The molecule has 0 aliphatic heterocycles. The summed E-state index contributed by atoms with van der Waals surface area (Å²) in [5.41, 5.74) is 0.193. The van der Waals surface area contributed by atoms with E-state index in [1.54, 1.807) is 0 Å². The SMILES string of the molecule is CC1(C)CCC1NC(=O)NCCCC(=O)O. The molecule has 92 valence electrons. The van der Waals surface area contributed by atoms with Gasteiger partial charge in [0.25, 0.3) is 0 Å². The molecule has 5 heteroatoms. The van der Waals surface area contributed by atoms with E-state index in [0.29, 0.717) is 13.0 Å². The number of hydrogen-bond donors (Lipinski definition) is 3. The zero-order valence-corrected chi connectivity index (χ0v) is 9.88. The predicted octanol–water partition coefficient (Wildman–Crippen LogP) is 1.34. The second kappa shape index (κ2) is 5.18. The van der Waals surface area contributed by atoms with Crippen LogP contribution >= 0.6 is 0 Å². The Bertz CT molecular complexity index is 276. The molecule has 1 unspecified atom stereocenters. The third-order valence-electron chi connectivity index (χ3n) is 3.18. The number of aliphatic carboxylic acids is 1. The summed E-state index contributed by atoms with van der Waals surface area (Å²) in [5.74, 6) is -0.831. The van der Waals surface area contributed by atoms with Gasteiger partial charge >= 0.3 is 12.0 Å². The molecule has 5 nitrogen and oxygen atoms in total. The Morgan fingerprint density at radius 2 is 2.12 bits per heavy atom. The lowest BCUT2D eigenvalue weighted by molar-refractivity contribution is -0.137. The average molecular weight is 228 g/mol. The summed E-state index contributed by atoms with van der Waals surface area (Å²) in [4.78, 5) is 21.6. The number of rotatable bonds is 5. The molecule has 1 saturated carbocycles. The van der Waals surface area contributed by atoms with E-state index in [1.165, 1.54) is 0 Å². The second-order valence-corrected chi connectivity index (χ2v) is 4.98. The van der Waals surface area contributed by atoms with E-state index in [0.717, 1.165) is 12.8 Å². The molecular formula is C11H20N2O3. The van der Waals surface area contributed by atoms with Crippen molar-refractivity contribution in [3.63, 3.8) is 0 Å². The Labute approximate surface area is 95.6 Å². The van der Waals surface area contributed by atoms with Gasteiger partial charge in [0.1, 0.15) is 0 Å². The van der Waals surface area contributed by atoms with Gasteiger partial charge in [0.2, 0.25) is 0 Å². The van der Waals surface area contributed by atoms with Gasteiger partial charge in [0.15, 0.2) is 0 Å². The molecule has 0 heterocycles. The van der Waals surface area contributed by atoms with Crippen molar-refractivity contribution in [3.8, 4) is 0 Å². The molecule has 1 aliphatic rings. The Kier molecular flexibility index (Phi) is 4.15. The second-order valence-electron chi connectivity index (χ2n) is 4.98. The number of carboxylic acid groups (broad SMARTS) is 1. The van der Waals surface area contributed by atoms with E-state index in [2.05, 4.69) is 24.5 Å². The van der Waals surface area contributed by atoms with Crippen molar-refractivity contribution in [2.24, 2.45) is 5.41 Å². The van der Waals surface area contributed by atoms with Gasteiger partial charge < -0.3 is 15.7 Å². The molecule has 3 N–H and O–H groups in total. The van der Waals surface area contributed by atoms with Crippen LogP contribution in [0.25, 0.3) is 0 Å². The van der Waals surface area contributed by atoms with Crippen molar-refractivity contribution in [1.29, 1.82) is 0 Å². The summed E-state index contributed by atoms with van der Waals surface area (Å²) in [7, 11) is 0. The standard InChI is InChI=1S/C11H20N2O3/c1-11(2)6-5-8(11)13-10(16)12-7-3-4-9(14)15/h8H,3-7H2,1-2H3,(H,14,15)(H2,12,13,16). The lowest BCUT2D eigenvalue weighted by Gasteiger charge is -2.44. The van der Waals surface area contributed by atoms with Crippen LogP contribution in [0.2, 0.25) is 0 Å². The third-order valence-corrected chi connectivity index (χ3v) is 3.18. The summed E-state index contributed by atoms with van der Waals surface area (Å²) >= 11 is 0. The van der Waals surface area contributed by atoms with Crippen LogP contribution in [0.15, 0.2) is 0 Å². The summed E-state index contributed by atoms with van der Waals surface area (Å²) in [6.45, 7) is 4.67. The molecule has 0 radical (unpaired) electrons. The average Bonchev–Trinajstić information content (AvgIpc) is 2.19. The Morgan fingerprint density at radius 1 is 1.44 bits per heavy atom. The third kappa shape index (κ3) is 3.72. The fourth-order valence-electron chi connectivity index (χ4n) is 1.78. The van der Waals surface area contributed by atoms with Crippen molar-refractivity contribution in [1.82, 2.24) is 10.6 Å². The van der Waals surface area contributed by atoms with Crippen LogP contribution in [0, 0.1) is 5.41 Å². The minimum Gasteiger partial charge on any atom is -0.481 e. The maximum absolute atomic E-state index is 11.4. The zero-order chi connectivity index (χ0) is 12.2. The van der Waals surface area contributed by atoms with Crippen LogP contribution in [0.1, 0.15) is 39.5 Å². The summed E-state index contributed by atoms with van der Waals surface area (Å²) < 4.78 is 0. The molecule has 2 amide bonds. The smallest absolute Gasteiger partial charge is 0.315 e. The number of hydrogen-bond acceptors (Lipinski definition) is 2. The van der Waals surface area contributed by atoms with E-state index in [-0.39, 0.29) is 23.9 Å². The van der Waals surface area contributed by atoms with Gasteiger partial charge in [-0.25, -0.2) is 4.79 Å². The molecule has 1 fully saturated rings. The Hall–Kier alpha value is -1.26. The van der Waals surface area contributed by atoms with Gasteiger partial charge in [-0.1, -0.05) is 13.8 Å². The number of carboxylic acids is 1. The number of urea groups is 1. The highest BCUT2D eigenvalue weighted by Gasteiger charge is 2.39. The lowest BCUT2D eigenvalue weighted by Crippen LogP contribution is -2.54. The first kappa shape index (κ1) is 12.8. The molecule has 0 aromatic heterocycles. The maximum Gasteiger partial charge on any atom is 0.315 e. The molecule has 1 atom stereocenters. The summed E-state index contributed by atoms with van der Waals surface area (Å²) in [5, 5.41) is 14.0. The van der Waals surface area contributed by atoms with Crippen LogP contribution in [0.5, 0.6) is 0 Å². The highest BCUT2D eigenvalue weighted by Crippen LogP contribution is 2.39. The van der Waals surface area contributed by atoms with E-state index >= 15 is 0 Å². The number of nitrogens with one attached hydrogen (secondary N) is 2. The van der Waals surface area contributed by atoms with Crippen molar-refractivity contribution >= 4 is 12.0 Å².